The van der Waals surface area contributed by atoms with Crippen LogP contribution in [-0.4, -0.2) is 23.3 Å². The molecule has 3 aromatic rings. The number of aromatic nitrogens is 1. The molecule has 0 saturated heterocycles. The molecule has 0 aliphatic carbocycles. The van der Waals surface area contributed by atoms with Gasteiger partial charge in [-0.25, -0.2) is 4.98 Å². The van der Waals surface area contributed by atoms with Gasteiger partial charge in [0, 0.05) is 18.7 Å². The van der Waals surface area contributed by atoms with Crippen LogP contribution in [0.4, 0.5) is 5.13 Å². The lowest BCUT2D eigenvalue weighted by Gasteiger charge is -2.11. The number of carbonyl (C=O) groups is 2. The van der Waals surface area contributed by atoms with Gasteiger partial charge < -0.3 is 4.74 Å². The van der Waals surface area contributed by atoms with E-state index < -0.39 is 0 Å². The van der Waals surface area contributed by atoms with Crippen molar-refractivity contribution in [3.05, 3.63) is 76.8 Å². The number of nitrogens with one attached hydrogen (secondary N) is 1. The Kier molecular flexibility index (Phi) is 5.76. The molecule has 1 heterocycles. The molecule has 6 heteroatoms. The molecule has 0 saturated carbocycles. The number of ether oxygens (including phenoxy) is 1. The fraction of sp³-hybridized carbons (Fsp3) is 0.150. The van der Waals surface area contributed by atoms with Crippen molar-refractivity contribution in [1.29, 1.82) is 0 Å². The van der Waals surface area contributed by atoms with E-state index in [0.717, 1.165) is 12.0 Å². The van der Waals surface area contributed by atoms with E-state index in [-0.39, 0.29) is 18.3 Å². The fourth-order valence-corrected chi connectivity index (χ4v) is 3.16. The van der Waals surface area contributed by atoms with E-state index in [9.17, 15) is 9.59 Å². The molecule has 0 atom stereocenters. The van der Waals surface area contributed by atoms with E-state index in [2.05, 4.69) is 22.4 Å². The minimum atomic E-state index is -0.316. The van der Waals surface area contributed by atoms with Crippen LogP contribution < -0.4 is 10.1 Å². The molecule has 0 aliphatic rings. The third kappa shape index (κ3) is 4.77. The molecule has 0 aliphatic heterocycles. The number of carbonyl (C=O) groups excluding carboxylic acids is 2. The van der Waals surface area contributed by atoms with Gasteiger partial charge in [0.25, 0.3) is 5.91 Å². The monoisotopic (exact) mass is 366 g/mol. The number of anilines is 1. The molecule has 0 spiro atoms. The second-order valence-electron chi connectivity index (χ2n) is 5.70. The summed E-state index contributed by atoms with van der Waals surface area (Å²) in [5.41, 5.74) is 2.53. The summed E-state index contributed by atoms with van der Waals surface area (Å²) in [6.45, 7) is 1.31. The van der Waals surface area contributed by atoms with Crippen molar-refractivity contribution in [3.63, 3.8) is 0 Å². The molecule has 132 valence electrons. The van der Waals surface area contributed by atoms with Crippen LogP contribution in [0.2, 0.25) is 0 Å². The minimum Gasteiger partial charge on any atom is -0.483 e. The number of Topliss-reactive ketones (excluding diaryl/α,β-unsaturated/α-hetero) is 1. The first-order valence-electron chi connectivity index (χ1n) is 8.13. The molecule has 0 fully saturated rings. The molecular formula is C20H18N2O3S. The number of hydrogen-bond acceptors (Lipinski definition) is 5. The van der Waals surface area contributed by atoms with Crippen molar-refractivity contribution < 1.29 is 14.3 Å². The summed E-state index contributed by atoms with van der Waals surface area (Å²) in [5.74, 6) is 0.229. The Bertz CT molecular complexity index is 906. The highest BCUT2D eigenvalue weighted by Crippen LogP contribution is 2.22. The predicted octanol–water partition coefficient (Wildman–Crippen LogP) is 3.95. The van der Waals surface area contributed by atoms with Gasteiger partial charge in [-0.1, -0.05) is 48.5 Å². The average Bonchev–Trinajstić information content (AvgIpc) is 3.11. The Morgan fingerprint density at radius 2 is 1.81 bits per heavy atom. The highest BCUT2D eigenvalue weighted by Gasteiger charge is 2.11. The zero-order valence-electron chi connectivity index (χ0n) is 14.3. The number of hydrogen-bond donors (Lipinski definition) is 1. The van der Waals surface area contributed by atoms with E-state index in [1.165, 1.54) is 23.8 Å². The number of benzene rings is 2. The number of ketones is 1. The molecule has 0 unspecified atom stereocenters. The van der Waals surface area contributed by atoms with Crippen LogP contribution >= 0.6 is 11.3 Å². The third-order valence-electron chi connectivity index (χ3n) is 3.68. The van der Waals surface area contributed by atoms with Gasteiger partial charge in [-0.2, -0.15) is 0 Å². The molecule has 0 radical (unpaired) electrons. The van der Waals surface area contributed by atoms with E-state index in [4.69, 9.17) is 4.74 Å². The van der Waals surface area contributed by atoms with Gasteiger partial charge in [0.15, 0.2) is 17.5 Å². The topological polar surface area (TPSA) is 68.3 Å². The maximum atomic E-state index is 12.1. The summed E-state index contributed by atoms with van der Waals surface area (Å²) >= 11 is 1.21. The van der Waals surface area contributed by atoms with Gasteiger partial charge in [0.1, 0.15) is 11.4 Å². The zero-order valence-corrected chi connectivity index (χ0v) is 15.1. The number of nitrogens with zero attached hydrogens (tertiary/aromatic N) is 1. The van der Waals surface area contributed by atoms with Crippen LogP contribution in [0, 0.1) is 0 Å². The SMILES string of the molecule is CC(=O)c1csc(NC(=O)COc2ccccc2Cc2ccccc2)n1. The molecule has 26 heavy (non-hydrogen) atoms. The maximum Gasteiger partial charge on any atom is 0.264 e. The van der Waals surface area contributed by atoms with Crippen LogP contribution in [-0.2, 0) is 11.2 Å². The summed E-state index contributed by atoms with van der Waals surface area (Å²) < 4.78 is 5.70. The van der Waals surface area contributed by atoms with Crippen LogP contribution in [0.25, 0.3) is 0 Å². The third-order valence-corrected chi connectivity index (χ3v) is 4.44. The van der Waals surface area contributed by atoms with E-state index in [1.807, 2.05) is 42.5 Å². The van der Waals surface area contributed by atoms with Gasteiger partial charge in [0.2, 0.25) is 0 Å². The standard InChI is InChI=1S/C20H18N2O3S/c1-14(23)17-13-26-20(21-17)22-19(24)12-25-18-10-6-5-9-16(18)11-15-7-3-2-4-8-15/h2-10,13H,11-12H2,1H3,(H,21,22,24). The molecule has 1 amide bonds. The summed E-state index contributed by atoms with van der Waals surface area (Å²) in [6.07, 6.45) is 0.729. The number of thiazole rings is 1. The Hall–Kier alpha value is -2.99. The molecule has 5 nitrogen and oxygen atoms in total. The zero-order chi connectivity index (χ0) is 18.4. The Labute approximate surface area is 155 Å². The molecule has 3 rings (SSSR count). The first-order chi connectivity index (χ1) is 12.6. The lowest BCUT2D eigenvalue weighted by molar-refractivity contribution is -0.118. The lowest BCUT2D eigenvalue weighted by atomic mass is 10.0. The summed E-state index contributed by atoms with van der Waals surface area (Å²) in [4.78, 5) is 27.4. The van der Waals surface area contributed by atoms with Crippen LogP contribution in [0.3, 0.4) is 0 Å². The van der Waals surface area contributed by atoms with E-state index >= 15 is 0 Å². The van der Waals surface area contributed by atoms with Gasteiger partial charge in [-0.05, 0) is 17.2 Å². The summed E-state index contributed by atoms with van der Waals surface area (Å²) in [7, 11) is 0. The quantitative estimate of drug-likeness (QED) is 0.643. The van der Waals surface area contributed by atoms with E-state index in [1.54, 1.807) is 5.38 Å². The van der Waals surface area contributed by atoms with E-state index in [0.29, 0.717) is 16.6 Å². The van der Waals surface area contributed by atoms with Gasteiger partial charge >= 0.3 is 0 Å². The van der Waals surface area contributed by atoms with Crippen LogP contribution in [0.5, 0.6) is 5.75 Å². The molecule has 0 bridgehead atoms. The van der Waals surface area contributed by atoms with Gasteiger partial charge in [-0.15, -0.1) is 11.3 Å². The van der Waals surface area contributed by atoms with Gasteiger partial charge in [-0.3, -0.25) is 14.9 Å². The molecule has 2 aromatic carbocycles. The summed E-state index contributed by atoms with van der Waals surface area (Å²) in [5, 5.41) is 4.66. The van der Waals surface area contributed by atoms with Gasteiger partial charge in [0.05, 0.1) is 0 Å². The Morgan fingerprint density at radius 3 is 2.54 bits per heavy atom. The fourth-order valence-electron chi connectivity index (χ4n) is 2.40. The average molecular weight is 366 g/mol. The molecule has 1 aromatic heterocycles. The smallest absolute Gasteiger partial charge is 0.264 e. The highest BCUT2D eigenvalue weighted by atomic mass is 32.1. The first kappa shape index (κ1) is 17.8. The number of para-hydroxylation sites is 1. The largest absolute Gasteiger partial charge is 0.483 e. The number of rotatable bonds is 7. The molecule has 1 N–H and O–H groups in total. The summed E-state index contributed by atoms with van der Waals surface area (Å²) in [6, 6.07) is 17.7. The van der Waals surface area contributed by atoms with Crippen LogP contribution in [0.15, 0.2) is 60.0 Å². The highest BCUT2D eigenvalue weighted by molar-refractivity contribution is 7.14. The number of amides is 1. The second kappa shape index (κ2) is 8.40. The normalized spacial score (nSPS) is 10.3. The first-order valence-corrected chi connectivity index (χ1v) is 9.01. The van der Waals surface area contributed by atoms with Crippen molar-refractivity contribution in [2.24, 2.45) is 0 Å². The van der Waals surface area contributed by atoms with Crippen molar-refractivity contribution in [2.45, 2.75) is 13.3 Å². The van der Waals surface area contributed by atoms with Crippen molar-refractivity contribution in [1.82, 2.24) is 4.98 Å². The van der Waals surface area contributed by atoms with Crippen molar-refractivity contribution in [3.8, 4) is 5.75 Å². The minimum absolute atomic E-state index is 0.124. The Morgan fingerprint density at radius 1 is 1.08 bits per heavy atom. The lowest BCUT2D eigenvalue weighted by Crippen LogP contribution is -2.20. The van der Waals surface area contributed by atoms with Crippen LogP contribution in [0.1, 0.15) is 28.5 Å². The maximum absolute atomic E-state index is 12.1. The second-order valence-corrected chi connectivity index (χ2v) is 6.56. The Balaban J connectivity index is 1.60. The van der Waals surface area contributed by atoms with Crippen molar-refractivity contribution in [2.75, 3.05) is 11.9 Å². The molecular weight excluding hydrogens is 348 g/mol. The van der Waals surface area contributed by atoms with Crippen molar-refractivity contribution >= 4 is 28.2 Å². The predicted molar refractivity (Wildman–Crippen MR) is 102 cm³/mol.